The Hall–Kier alpha value is -3.08. The van der Waals surface area contributed by atoms with Gasteiger partial charge in [0.1, 0.15) is 16.7 Å². The summed E-state index contributed by atoms with van der Waals surface area (Å²) in [5, 5.41) is 11.5. The minimum Gasteiger partial charge on any atom is -0.488 e. The predicted octanol–water partition coefficient (Wildman–Crippen LogP) is 3.74. The molecule has 2 unspecified atom stereocenters. The number of para-hydroxylation sites is 1. The van der Waals surface area contributed by atoms with Crippen molar-refractivity contribution < 1.29 is 23.1 Å². The Balaban J connectivity index is 1.64. The van der Waals surface area contributed by atoms with E-state index in [2.05, 4.69) is 17.9 Å². The zero-order chi connectivity index (χ0) is 26.7. The van der Waals surface area contributed by atoms with Crippen LogP contribution in [0, 0.1) is 12.8 Å². The molecule has 2 heterocycles. The lowest BCUT2D eigenvalue weighted by Gasteiger charge is -2.26. The first-order valence-corrected chi connectivity index (χ1v) is 14.1. The summed E-state index contributed by atoms with van der Waals surface area (Å²) in [6, 6.07) is 12.7. The second kappa shape index (κ2) is 11.1. The lowest BCUT2D eigenvalue weighted by atomic mass is 9.84. The number of ether oxygens (including phenoxy) is 1. The van der Waals surface area contributed by atoms with Crippen LogP contribution in [-0.4, -0.2) is 48.5 Å². The van der Waals surface area contributed by atoms with E-state index in [0.717, 1.165) is 22.4 Å². The number of aryl methyl sites for hydroxylation is 1. The Labute approximate surface area is 219 Å². The van der Waals surface area contributed by atoms with Gasteiger partial charge in [0.05, 0.1) is 18.7 Å². The molecule has 9 nitrogen and oxygen atoms in total. The molecule has 37 heavy (non-hydrogen) atoms. The summed E-state index contributed by atoms with van der Waals surface area (Å²) in [6.45, 7) is 6.44. The first kappa shape index (κ1) is 27.0. The van der Waals surface area contributed by atoms with Crippen molar-refractivity contribution >= 4 is 16.0 Å². The molecular weight excluding hydrogens is 492 g/mol. The third-order valence-electron chi connectivity index (χ3n) is 7.22. The molecule has 2 aliphatic rings. The number of nitrogens with zero attached hydrogens (tertiary/aromatic N) is 2. The van der Waals surface area contributed by atoms with Crippen LogP contribution in [-0.2, 0) is 21.4 Å². The van der Waals surface area contributed by atoms with Gasteiger partial charge >= 0.3 is 5.97 Å². The SMILES string of the molecule is CC[C@@H]1CN(Cc2cc(C(CC(=O)O)CC(C)C3=CNNN3C)ccc2C)S(=O)(=O)c2ccccc2O1. The number of rotatable bonds is 9. The summed E-state index contributed by atoms with van der Waals surface area (Å²) in [7, 11) is -1.87. The lowest BCUT2D eigenvalue weighted by Crippen LogP contribution is -2.36. The van der Waals surface area contributed by atoms with Gasteiger partial charge in [0.2, 0.25) is 10.0 Å². The number of carbonyl (C=O) groups is 1. The molecule has 2 aliphatic heterocycles. The average molecular weight is 529 g/mol. The standard InChI is InChI=1S/C27H36N4O5S/c1-5-23-17-31(37(34,35)26-9-7-6-8-25(26)36-23)16-22-13-20(11-10-18(22)2)21(14-27(32)33)12-19(3)24-15-28-29-30(24)4/h6-11,13,15,19,21,23,28-29H,5,12,14,16-17H2,1-4H3,(H,32,33)/t19?,21?,23-/m1/s1. The Morgan fingerprint density at radius 3 is 2.68 bits per heavy atom. The largest absolute Gasteiger partial charge is 0.488 e. The van der Waals surface area contributed by atoms with Crippen LogP contribution in [0.5, 0.6) is 5.75 Å². The molecule has 2 aromatic rings. The molecule has 0 saturated carbocycles. The van der Waals surface area contributed by atoms with Gasteiger partial charge in [0, 0.05) is 19.8 Å². The van der Waals surface area contributed by atoms with Crippen molar-refractivity contribution in [3.05, 3.63) is 71.1 Å². The Morgan fingerprint density at radius 1 is 1.24 bits per heavy atom. The van der Waals surface area contributed by atoms with E-state index in [-0.39, 0.29) is 42.3 Å². The number of hydrogen-bond acceptors (Lipinski definition) is 7. The van der Waals surface area contributed by atoms with Crippen molar-refractivity contribution in [3.8, 4) is 5.75 Å². The van der Waals surface area contributed by atoms with Crippen molar-refractivity contribution in [2.75, 3.05) is 13.6 Å². The summed E-state index contributed by atoms with van der Waals surface area (Å²) in [6.07, 6.45) is 2.92. The summed E-state index contributed by atoms with van der Waals surface area (Å²) in [5.41, 5.74) is 9.73. The number of allylic oxidation sites excluding steroid dienone is 1. The molecule has 0 amide bonds. The number of fused-ring (bicyclic) bond motifs is 1. The monoisotopic (exact) mass is 528 g/mol. The van der Waals surface area contributed by atoms with Crippen LogP contribution in [0.15, 0.2) is 59.3 Å². The van der Waals surface area contributed by atoms with E-state index < -0.39 is 16.0 Å². The molecule has 0 radical (unpaired) electrons. The topological polar surface area (TPSA) is 111 Å². The lowest BCUT2D eigenvalue weighted by molar-refractivity contribution is -0.137. The fraction of sp³-hybridized carbons (Fsp3) is 0.444. The quantitative estimate of drug-likeness (QED) is 0.452. The van der Waals surface area contributed by atoms with Crippen molar-refractivity contribution in [1.82, 2.24) is 20.3 Å². The maximum absolute atomic E-state index is 13.6. The van der Waals surface area contributed by atoms with Crippen LogP contribution in [0.3, 0.4) is 0 Å². The van der Waals surface area contributed by atoms with Gasteiger partial charge in [-0.05, 0) is 60.4 Å². The molecule has 0 aromatic heterocycles. The number of nitrogens with one attached hydrogen (secondary N) is 2. The highest BCUT2D eigenvalue weighted by Gasteiger charge is 2.34. The zero-order valence-electron chi connectivity index (χ0n) is 21.8. The Morgan fingerprint density at radius 2 is 2.00 bits per heavy atom. The highest BCUT2D eigenvalue weighted by molar-refractivity contribution is 7.89. The van der Waals surface area contributed by atoms with E-state index in [1.165, 1.54) is 4.31 Å². The molecule has 4 rings (SSSR count). The molecule has 3 atom stereocenters. The third kappa shape index (κ3) is 5.92. The molecule has 0 saturated heterocycles. The third-order valence-corrected chi connectivity index (χ3v) is 9.07. The summed E-state index contributed by atoms with van der Waals surface area (Å²) in [4.78, 5) is 12.0. The molecule has 3 N–H and O–H groups in total. The van der Waals surface area contributed by atoms with Crippen molar-refractivity contribution in [1.29, 1.82) is 0 Å². The summed E-state index contributed by atoms with van der Waals surface area (Å²) >= 11 is 0. The number of hydrogen-bond donors (Lipinski definition) is 3. The maximum Gasteiger partial charge on any atom is 0.303 e. The van der Waals surface area contributed by atoms with Gasteiger partial charge < -0.3 is 15.3 Å². The van der Waals surface area contributed by atoms with Gasteiger partial charge in [0.15, 0.2) is 0 Å². The van der Waals surface area contributed by atoms with E-state index in [0.29, 0.717) is 18.6 Å². The summed E-state index contributed by atoms with van der Waals surface area (Å²) < 4.78 is 34.8. The Kier molecular flexibility index (Phi) is 8.11. The number of carboxylic acid groups (broad SMARTS) is 1. The molecule has 2 aromatic carbocycles. The molecule has 0 spiro atoms. The van der Waals surface area contributed by atoms with Crippen LogP contribution in [0.1, 0.15) is 55.7 Å². The van der Waals surface area contributed by atoms with Gasteiger partial charge in [-0.1, -0.05) is 44.2 Å². The Bertz CT molecular complexity index is 1280. The zero-order valence-corrected chi connectivity index (χ0v) is 22.6. The number of carboxylic acids is 1. The van der Waals surface area contributed by atoms with E-state index in [1.54, 1.807) is 24.3 Å². The molecule has 200 valence electrons. The molecule has 0 bridgehead atoms. The minimum atomic E-state index is -3.78. The second-order valence-electron chi connectivity index (χ2n) is 9.89. The summed E-state index contributed by atoms with van der Waals surface area (Å²) in [5.74, 6) is -0.603. The predicted molar refractivity (Wildman–Crippen MR) is 141 cm³/mol. The van der Waals surface area contributed by atoms with Crippen molar-refractivity contribution in [3.63, 3.8) is 0 Å². The number of benzene rings is 2. The number of sulfonamides is 1. The van der Waals surface area contributed by atoms with E-state index >= 15 is 0 Å². The van der Waals surface area contributed by atoms with E-state index in [1.807, 2.05) is 50.3 Å². The highest BCUT2D eigenvalue weighted by Crippen LogP contribution is 2.35. The van der Waals surface area contributed by atoms with Crippen LogP contribution in [0.4, 0.5) is 0 Å². The maximum atomic E-state index is 13.6. The van der Waals surface area contributed by atoms with Crippen molar-refractivity contribution in [2.24, 2.45) is 5.92 Å². The first-order valence-electron chi connectivity index (χ1n) is 12.6. The second-order valence-corrected chi connectivity index (χ2v) is 11.8. The minimum absolute atomic E-state index is 0.00811. The number of hydrazine groups is 2. The molecule has 10 heteroatoms. The molecular formula is C27H36N4O5S. The average Bonchev–Trinajstić information content (AvgIpc) is 3.25. The normalized spacial score (nSPS) is 20.7. The van der Waals surface area contributed by atoms with Gasteiger partial charge in [-0.25, -0.2) is 8.42 Å². The smallest absolute Gasteiger partial charge is 0.303 e. The van der Waals surface area contributed by atoms with Crippen LogP contribution in [0.2, 0.25) is 0 Å². The van der Waals surface area contributed by atoms with Crippen LogP contribution >= 0.6 is 0 Å². The first-order chi connectivity index (χ1) is 17.6. The fourth-order valence-corrected chi connectivity index (χ4v) is 6.61. The van der Waals surface area contributed by atoms with Gasteiger partial charge in [-0.2, -0.15) is 4.31 Å². The molecule has 0 aliphatic carbocycles. The van der Waals surface area contributed by atoms with E-state index in [4.69, 9.17) is 4.74 Å². The van der Waals surface area contributed by atoms with Gasteiger partial charge in [-0.15, -0.1) is 5.53 Å². The molecule has 0 fully saturated rings. The van der Waals surface area contributed by atoms with Gasteiger partial charge in [-0.3, -0.25) is 9.80 Å². The fourth-order valence-electron chi connectivity index (χ4n) is 5.04. The van der Waals surface area contributed by atoms with Gasteiger partial charge in [0.25, 0.3) is 0 Å². The van der Waals surface area contributed by atoms with Crippen LogP contribution in [0.25, 0.3) is 0 Å². The number of aliphatic carboxylic acids is 1. The van der Waals surface area contributed by atoms with E-state index in [9.17, 15) is 18.3 Å². The van der Waals surface area contributed by atoms with Crippen LogP contribution < -0.4 is 15.7 Å². The highest BCUT2D eigenvalue weighted by atomic mass is 32.2. The van der Waals surface area contributed by atoms with Crippen molar-refractivity contribution in [2.45, 2.75) is 63.5 Å².